The Bertz CT molecular complexity index is 1260. The van der Waals surface area contributed by atoms with Crippen LogP contribution in [0.4, 0.5) is 0 Å². The Morgan fingerprint density at radius 2 is 0.706 bits per heavy atom. The van der Waals surface area contributed by atoms with E-state index in [1.165, 1.54) is 37.9 Å². The second-order valence-corrected chi connectivity index (χ2v) is 12.5. The fourth-order valence-corrected chi connectivity index (χ4v) is 9.52. The van der Waals surface area contributed by atoms with E-state index in [-0.39, 0.29) is 0 Å². The summed E-state index contributed by atoms with van der Waals surface area (Å²) in [4.78, 5) is 0. The van der Waals surface area contributed by atoms with E-state index in [0.717, 1.165) is 0 Å². The Morgan fingerprint density at radius 1 is 0.382 bits per heavy atom. The maximum absolute atomic E-state index is 2.44. The number of aryl methyl sites for hydroxylation is 1. The van der Waals surface area contributed by atoms with Crippen LogP contribution in [0.15, 0.2) is 140 Å². The minimum atomic E-state index is -2.44. The van der Waals surface area contributed by atoms with Gasteiger partial charge >= 0.3 is 204 Å². The van der Waals surface area contributed by atoms with Crippen LogP contribution in [0.3, 0.4) is 0 Å². The summed E-state index contributed by atoms with van der Waals surface area (Å²) < 4.78 is 0. The van der Waals surface area contributed by atoms with Crippen LogP contribution < -0.4 is 21.2 Å². The monoisotopic (exact) mass is 456 g/mol. The van der Waals surface area contributed by atoms with Gasteiger partial charge in [0.05, 0.1) is 0 Å². The summed E-state index contributed by atoms with van der Waals surface area (Å²) in [6.07, 6.45) is 4.38. The zero-order valence-corrected chi connectivity index (χ0v) is 20.4. The van der Waals surface area contributed by atoms with Gasteiger partial charge in [-0.2, -0.15) is 0 Å². The Kier molecular flexibility index (Phi) is 6.52. The molecule has 0 amide bonds. The third-order valence-electron chi connectivity index (χ3n) is 6.51. The summed E-state index contributed by atoms with van der Waals surface area (Å²) in [5.41, 5.74) is 3.71. The Hall–Kier alpha value is -3.73. The fraction of sp³-hybridized carbons (Fsp3) is 0.0303. The number of hydrogen-bond donors (Lipinski definition) is 0. The fourth-order valence-electron chi connectivity index (χ4n) is 4.78. The summed E-state index contributed by atoms with van der Waals surface area (Å²) in [5.74, 6) is 0. The van der Waals surface area contributed by atoms with Crippen LogP contribution >= 0.6 is 7.26 Å². The van der Waals surface area contributed by atoms with Crippen molar-refractivity contribution in [2.24, 2.45) is 0 Å². The van der Waals surface area contributed by atoms with Crippen molar-refractivity contribution in [3.8, 4) is 0 Å². The zero-order valence-electron chi connectivity index (χ0n) is 19.4. The molecule has 0 aromatic heterocycles. The first-order valence-corrected chi connectivity index (χ1v) is 13.8. The van der Waals surface area contributed by atoms with Crippen LogP contribution in [0.5, 0.6) is 0 Å². The van der Waals surface area contributed by atoms with Gasteiger partial charge in [0.25, 0.3) is 0 Å². The van der Waals surface area contributed by atoms with Gasteiger partial charge in [-0.25, -0.2) is 0 Å². The van der Waals surface area contributed by atoms with Crippen molar-refractivity contribution in [1.82, 2.24) is 0 Å². The van der Waals surface area contributed by atoms with Crippen molar-refractivity contribution < 1.29 is 0 Å². The van der Waals surface area contributed by atoms with E-state index in [2.05, 4.69) is 159 Å². The van der Waals surface area contributed by atoms with Gasteiger partial charge in [0, 0.05) is 0 Å². The Balaban J connectivity index is 1.64. The summed E-state index contributed by atoms with van der Waals surface area (Å²) >= 11 is 0. The number of rotatable bonds is 6. The summed E-state index contributed by atoms with van der Waals surface area (Å²) in [6.45, 7) is 2.12. The van der Waals surface area contributed by atoms with Gasteiger partial charge in [-0.3, -0.25) is 0 Å². The van der Waals surface area contributed by atoms with E-state index in [1.807, 2.05) is 0 Å². The SMILES string of the molecule is Cc1ccc(C=Cc2ccc([PH](c3ccccc3)(c3ccccc3)c3ccccc3)cc2)cc1. The zero-order chi connectivity index (χ0) is 23.2. The number of benzene rings is 5. The molecule has 5 rings (SSSR count). The topological polar surface area (TPSA) is 0 Å². The van der Waals surface area contributed by atoms with Crippen LogP contribution in [0.2, 0.25) is 0 Å². The molecule has 0 aliphatic carbocycles. The molecular weight excluding hydrogens is 427 g/mol. The molecular formula is C33H29P. The van der Waals surface area contributed by atoms with Gasteiger partial charge in [-0.05, 0) is 0 Å². The van der Waals surface area contributed by atoms with Crippen molar-refractivity contribution in [1.29, 1.82) is 0 Å². The van der Waals surface area contributed by atoms with Crippen molar-refractivity contribution in [2.45, 2.75) is 6.92 Å². The first-order chi connectivity index (χ1) is 16.8. The third-order valence-corrected chi connectivity index (χ3v) is 11.3. The molecule has 0 bridgehead atoms. The molecule has 0 fully saturated rings. The van der Waals surface area contributed by atoms with Gasteiger partial charge in [0.15, 0.2) is 0 Å². The molecule has 1 heteroatoms. The summed E-state index contributed by atoms with van der Waals surface area (Å²) in [5, 5.41) is 5.59. The van der Waals surface area contributed by atoms with E-state index in [9.17, 15) is 0 Å². The molecule has 0 atom stereocenters. The van der Waals surface area contributed by atoms with Crippen LogP contribution in [0.1, 0.15) is 16.7 Å². The normalized spacial score (nSPS) is 12.0. The molecule has 0 saturated heterocycles. The van der Waals surface area contributed by atoms with E-state index >= 15 is 0 Å². The minimum absolute atomic E-state index is 1.21. The van der Waals surface area contributed by atoms with Crippen molar-refractivity contribution in [3.05, 3.63) is 156 Å². The van der Waals surface area contributed by atoms with Crippen LogP contribution in [-0.4, -0.2) is 0 Å². The molecule has 0 N–H and O–H groups in total. The summed E-state index contributed by atoms with van der Waals surface area (Å²) in [6, 6.07) is 51.0. The molecule has 0 heterocycles. The molecule has 0 unspecified atom stereocenters. The van der Waals surface area contributed by atoms with Gasteiger partial charge in [-0.15, -0.1) is 0 Å². The van der Waals surface area contributed by atoms with Gasteiger partial charge in [0.1, 0.15) is 0 Å². The molecule has 166 valence electrons. The Morgan fingerprint density at radius 3 is 1.09 bits per heavy atom. The van der Waals surface area contributed by atoms with Gasteiger partial charge in [-0.1, -0.05) is 0 Å². The van der Waals surface area contributed by atoms with Gasteiger partial charge < -0.3 is 0 Å². The average Bonchev–Trinajstić information content (AvgIpc) is 2.91. The first kappa shape index (κ1) is 22.1. The van der Waals surface area contributed by atoms with Crippen molar-refractivity contribution >= 4 is 40.6 Å². The van der Waals surface area contributed by atoms with E-state index < -0.39 is 7.26 Å². The maximum atomic E-state index is 2.34. The van der Waals surface area contributed by atoms with Gasteiger partial charge in [0.2, 0.25) is 0 Å². The standard InChI is InChI=1S/C33H29P/c1-27-17-19-28(20-18-27)21-22-29-23-25-33(26-24-29)34(30-11-5-2-6-12-30,31-13-7-3-8-14-31)32-15-9-4-10-16-32/h2-26,34H,1H3. The van der Waals surface area contributed by atoms with Crippen molar-refractivity contribution in [3.63, 3.8) is 0 Å². The molecule has 5 aromatic rings. The van der Waals surface area contributed by atoms with E-state index in [4.69, 9.17) is 0 Å². The molecule has 0 aliphatic heterocycles. The van der Waals surface area contributed by atoms with Crippen LogP contribution in [-0.2, 0) is 0 Å². The average molecular weight is 457 g/mol. The third kappa shape index (κ3) is 4.38. The summed E-state index contributed by atoms with van der Waals surface area (Å²) in [7, 11) is -2.44. The van der Waals surface area contributed by atoms with Crippen LogP contribution in [0, 0.1) is 6.92 Å². The van der Waals surface area contributed by atoms with Crippen molar-refractivity contribution in [2.75, 3.05) is 0 Å². The molecule has 5 aromatic carbocycles. The molecule has 0 radical (unpaired) electrons. The molecule has 34 heavy (non-hydrogen) atoms. The number of hydrogen-bond acceptors (Lipinski definition) is 0. The first-order valence-electron chi connectivity index (χ1n) is 11.8. The predicted molar refractivity (Wildman–Crippen MR) is 153 cm³/mol. The molecule has 0 aliphatic rings. The molecule has 0 nitrogen and oxygen atoms in total. The van der Waals surface area contributed by atoms with E-state index in [0.29, 0.717) is 0 Å². The van der Waals surface area contributed by atoms with Crippen LogP contribution in [0.25, 0.3) is 12.2 Å². The Labute approximate surface area is 203 Å². The second-order valence-electron chi connectivity index (χ2n) is 8.71. The predicted octanol–water partition coefficient (Wildman–Crippen LogP) is 6.52. The van der Waals surface area contributed by atoms with E-state index in [1.54, 1.807) is 0 Å². The second kappa shape index (κ2) is 10.0. The molecule has 0 saturated carbocycles. The quantitative estimate of drug-likeness (QED) is 0.202. The molecule has 0 spiro atoms.